The minimum atomic E-state index is -3.60. The van der Waals surface area contributed by atoms with Gasteiger partial charge in [-0.15, -0.1) is 0 Å². The molecule has 1 unspecified atom stereocenters. The lowest BCUT2D eigenvalue weighted by molar-refractivity contribution is 0.0951. The Bertz CT molecular complexity index is 1180. The molecule has 32 heavy (non-hydrogen) atoms. The molecule has 0 fully saturated rings. The van der Waals surface area contributed by atoms with Crippen LogP contribution < -0.4 is 9.62 Å². The summed E-state index contributed by atoms with van der Waals surface area (Å²) in [6.45, 7) is 2.56. The number of amides is 1. The van der Waals surface area contributed by atoms with Crippen molar-refractivity contribution >= 4 is 44.8 Å². The predicted octanol–water partition coefficient (Wildman–Crippen LogP) is 5.49. The molecular formula is C24H24Cl2N2O3S. The van der Waals surface area contributed by atoms with Crippen LogP contribution in [-0.4, -0.2) is 27.1 Å². The first-order valence-electron chi connectivity index (χ1n) is 10.0. The lowest BCUT2D eigenvalue weighted by Crippen LogP contribution is -2.30. The molecule has 0 bridgehead atoms. The van der Waals surface area contributed by atoms with Gasteiger partial charge in [0, 0.05) is 12.1 Å². The van der Waals surface area contributed by atoms with E-state index in [1.54, 1.807) is 42.5 Å². The number of carbonyl (C=O) groups excluding carboxylic acids is 1. The molecule has 0 aliphatic carbocycles. The molecule has 0 heterocycles. The van der Waals surface area contributed by atoms with Crippen LogP contribution >= 0.6 is 23.2 Å². The first-order valence-corrected chi connectivity index (χ1v) is 12.6. The highest BCUT2D eigenvalue weighted by atomic mass is 35.5. The summed E-state index contributed by atoms with van der Waals surface area (Å²) in [7, 11) is -3.60. The lowest BCUT2D eigenvalue weighted by atomic mass is 10.0. The van der Waals surface area contributed by atoms with Crippen LogP contribution in [0.15, 0.2) is 72.8 Å². The third-order valence-electron chi connectivity index (χ3n) is 5.10. The monoisotopic (exact) mass is 490 g/mol. The number of nitrogens with one attached hydrogen (secondary N) is 1. The van der Waals surface area contributed by atoms with Gasteiger partial charge in [0.05, 0.1) is 28.5 Å². The Labute approximate surface area is 199 Å². The number of anilines is 1. The molecule has 0 saturated carbocycles. The highest BCUT2D eigenvalue weighted by Crippen LogP contribution is 2.29. The maximum Gasteiger partial charge on any atom is 0.251 e. The van der Waals surface area contributed by atoms with Gasteiger partial charge in [0.2, 0.25) is 10.0 Å². The second kappa shape index (κ2) is 10.4. The molecule has 0 spiro atoms. The van der Waals surface area contributed by atoms with Crippen LogP contribution in [0.1, 0.15) is 34.3 Å². The van der Waals surface area contributed by atoms with Crippen LogP contribution in [0.4, 0.5) is 5.69 Å². The zero-order valence-electron chi connectivity index (χ0n) is 17.8. The van der Waals surface area contributed by atoms with Gasteiger partial charge >= 0.3 is 0 Å². The second-order valence-electron chi connectivity index (χ2n) is 7.55. The normalized spacial score (nSPS) is 12.2. The number of hydrogen-bond donors (Lipinski definition) is 1. The minimum absolute atomic E-state index is 0.0262. The van der Waals surface area contributed by atoms with Crippen LogP contribution in [0.5, 0.6) is 0 Å². The fourth-order valence-electron chi connectivity index (χ4n) is 3.25. The Kier molecular flexibility index (Phi) is 7.82. The van der Waals surface area contributed by atoms with Gasteiger partial charge in [0.15, 0.2) is 0 Å². The average molecular weight is 491 g/mol. The molecule has 0 aliphatic rings. The zero-order valence-corrected chi connectivity index (χ0v) is 20.1. The summed E-state index contributed by atoms with van der Waals surface area (Å²) in [4.78, 5) is 12.6. The molecule has 3 aromatic rings. The number of hydrogen-bond acceptors (Lipinski definition) is 3. The van der Waals surface area contributed by atoms with Gasteiger partial charge < -0.3 is 5.32 Å². The van der Waals surface area contributed by atoms with Gasteiger partial charge in [0.1, 0.15) is 0 Å². The fourth-order valence-corrected chi connectivity index (χ4v) is 4.51. The predicted molar refractivity (Wildman–Crippen MR) is 131 cm³/mol. The maximum atomic E-state index is 12.6. The summed E-state index contributed by atoms with van der Waals surface area (Å²) in [6.07, 6.45) is 1.12. The number of rotatable bonds is 8. The molecule has 3 aromatic carbocycles. The van der Waals surface area contributed by atoms with Crippen LogP contribution in [0.2, 0.25) is 10.0 Å². The summed E-state index contributed by atoms with van der Waals surface area (Å²) in [5, 5.41) is 3.59. The molecule has 1 N–H and O–H groups in total. The molecule has 1 atom stereocenters. The Hall–Kier alpha value is -2.54. The van der Waals surface area contributed by atoms with Crippen molar-refractivity contribution in [3.63, 3.8) is 0 Å². The Balaban J connectivity index is 1.73. The van der Waals surface area contributed by atoms with Crippen molar-refractivity contribution in [3.05, 3.63) is 99.5 Å². The number of halogens is 2. The van der Waals surface area contributed by atoms with Crippen molar-refractivity contribution < 1.29 is 13.2 Å². The summed E-state index contributed by atoms with van der Waals surface area (Å²) in [5.74, 6) is -0.0503. The largest absolute Gasteiger partial charge is 0.351 e. The van der Waals surface area contributed by atoms with Crippen molar-refractivity contribution in [2.75, 3.05) is 17.1 Å². The van der Waals surface area contributed by atoms with E-state index in [9.17, 15) is 13.2 Å². The Morgan fingerprint density at radius 1 is 0.969 bits per heavy atom. The molecule has 5 nitrogen and oxygen atoms in total. The number of nitrogens with zero attached hydrogens (tertiary/aromatic N) is 1. The van der Waals surface area contributed by atoms with E-state index in [0.717, 1.165) is 11.8 Å². The van der Waals surface area contributed by atoms with E-state index in [-0.39, 0.29) is 18.4 Å². The van der Waals surface area contributed by atoms with Crippen molar-refractivity contribution in [2.45, 2.75) is 19.4 Å². The molecular weight excluding hydrogens is 467 g/mol. The highest BCUT2D eigenvalue weighted by molar-refractivity contribution is 7.92. The van der Waals surface area contributed by atoms with Gasteiger partial charge in [-0.25, -0.2) is 8.42 Å². The third-order valence-corrected chi connectivity index (χ3v) is 7.10. The number of carbonyl (C=O) groups is 1. The smallest absolute Gasteiger partial charge is 0.251 e. The van der Waals surface area contributed by atoms with Crippen LogP contribution in [0, 0.1) is 0 Å². The van der Waals surface area contributed by atoms with Gasteiger partial charge in [-0.1, -0.05) is 72.6 Å². The van der Waals surface area contributed by atoms with Gasteiger partial charge in [0.25, 0.3) is 5.91 Å². The van der Waals surface area contributed by atoms with E-state index < -0.39 is 10.0 Å². The number of benzene rings is 3. The number of sulfonamides is 1. The van der Waals surface area contributed by atoms with Crippen LogP contribution in [-0.2, 0) is 16.6 Å². The van der Waals surface area contributed by atoms with Crippen molar-refractivity contribution in [1.82, 2.24) is 5.32 Å². The SMILES string of the molecule is CC(CNC(=O)c1ccc(N(Cc2cccc(Cl)c2Cl)S(C)(=O)=O)cc1)c1ccccc1. The topological polar surface area (TPSA) is 66.5 Å². The van der Waals surface area contributed by atoms with Gasteiger partial charge in [-0.05, 0) is 47.4 Å². The maximum absolute atomic E-state index is 12.6. The average Bonchev–Trinajstić information content (AvgIpc) is 2.78. The molecule has 3 rings (SSSR count). The van der Waals surface area contributed by atoms with Crippen molar-refractivity contribution in [1.29, 1.82) is 0 Å². The molecule has 0 radical (unpaired) electrons. The Morgan fingerprint density at radius 2 is 1.62 bits per heavy atom. The van der Waals surface area contributed by atoms with Gasteiger partial charge in [-0.3, -0.25) is 9.10 Å². The van der Waals surface area contributed by atoms with E-state index in [1.165, 1.54) is 4.31 Å². The third kappa shape index (κ3) is 6.03. The van der Waals surface area contributed by atoms with Crippen LogP contribution in [0.25, 0.3) is 0 Å². The lowest BCUT2D eigenvalue weighted by Gasteiger charge is -2.23. The highest BCUT2D eigenvalue weighted by Gasteiger charge is 2.20. The van der Waals surface area contributed by atoms with E-state index >= 15 is 0 Å². The first kappa shape index (κ1) is 24.1. The van der Waals surface area contributed by atoms with Gasteiger partial charge in [-0.2, -0.15) is 0 Å². The quantitative estimate of drug-likeness (QED) is 0.453. The Morgan fingerprint density at radius 3 is 2.25 bits per heavy atom. The molecule has 168 valence electrons. The molecule has 8 heteroatoms. The van der Waals surface area contributed by atoms with E-state index in [0.29, 0.717) is 33.4 Å². The summed E-state index contributed by atoms with van der Waals surface area (Å²) >= 11 is 12.3. The fraction of sp³-hybridized carbons (Fsp3) is 0.208. The summed E-state index contributed by atoms with van der Waals surface area (Å²) in [6, 6.07) is 21.5. The van der Waals surface area contributed by atoms with Crippen LogP contribution in [0.3, 0.4) is 0 Å². The first-order chi connectivity index (χ1) is 15.2. The van der Waals surface area contributed by atoms with E-state index in [4.69, 9.17) is 23.2 Å². The molecule has 0 aromatic heterocycles. The molecule has 1 amide bonds. The molecule has 0 saturated heterocycles. The van der Waals surface area contributed by atoms with E-state index in [2.05, 4.69) is 5.32 Å². The minimum Gasteiger partial charge on any atom is -0.351 e. The second-order valence-corrected chi connectivity index (χ2v) is 10.2. The molecule has 0 aliphatic heterocycles. The standard InChI is InChI=1S/C24H24Cl2N2O3S/c1-17(18-7-4-3-5-8-18)15-27-24(29)19-11-13-21(14-12-19)28(32(2,30)31)16-20-9-6-10-22(25)23(20)26/h3-14,17H,15-16H2,1-2H3,(H,27,29). The van der Waals surface area contributed by atoms with Crippen molar-refractivity contribution in [2.24, 2.45) is 0 Å². The van der Waals surface area contributed by atoms with E-state index in [1.807, 2.05) is 37.3 Å². The summed E-state index contributed by atoms with van der Waals surface area (Å²) in [5.41, 5.74) is 2.61. The van der Waals surface area contributed by atoms with Crippen molar-refractivity contribution in [3.8, 4) is 0 Å². The zero-order chi connectivity index (χ0) is 23.3. The summed E-state index contributed by atoms with van der Waals surface area (Å²) < 4.78 is 26.1.